The Kier molecular flexibility index (Phi) is 7.96. The SMILES string of the molecule is Cc1ccc(Cl)cc1[C@@H]1NC(=O)C[C@H](c2cc(Cl)ccc2OC(C)(C)C(=O)NS(C)(=O)=O)C12C(=O)Nc1cc(Cl)ccc12. The van der Waals surface area contributed by atoms with Gasteiger partial charge >= 0.3 is 0 Å². The Morgan fingerprint density at radius 1 is 0.977 bits per heavy atom. The number of halogens is 3. The first-order valence-electron chi connectivity index (χ1n) is 13.2. The Morgan fingerprint density at radius 3 is 2.26 bits per heavy atom. The fourth-order valence-electron chi connectivity index (χ4n) is 5.94. The first-order chi connectivity index (χ1) is 20.0. The third kappa shape index (κ3) is 5.69. The summed E-state index contributed by atoms with van der Waals surface area (Å²) in [6.45, 7) is 4.68. The van der Waals surface area contributed by atoms with Crippen molar-refractivity contribution in [3.05, 3.63) is 91.9 Å². The number of nitrogens with one attached hydrogen (secondary N) is 3. The van der Waals surface area contributed by atoms with Gasteiger partial charge in [0.05, 0.1) is 12.3 Å². The van der Waals surface area contributed by atoms with Gasteiger partial charge in [0, 0.05) is 38.7 Å². The van der Waals surface area contributed by atoms with Crippen LogP contribution in [0.1, 0.15) is 54.5 Å². The number of ether oxygens (including phenoxy) is 1. The standard InChI is InChI=1S/C30H28Cl3N3O6S/c1-15-5-6-16(31)11-19(15)26-30(21-9-7-18(33)13-23(21)34-28(30)39)22(14-25(37)35-26)20-12-17(32)8-10-24(20)42-29(2,3)27(38)36-43(4,40)41/h5-13,22,26H,14H2,1-4H3,(H,34,39)(H,35,37)(H,36,38)/t22-,26+,30?/m1/s1. The highest BCUT2D eigenvalue weighted by Crippen LogP contribution is 2.59. The van der Waals surface area contributed by atoms with Gasteiger partial charge in [0.25, 0.3) is 5.91 Å². The van der Waals surface area contributed by atoms with Crippen molar-refractivity contribution in [1.82, 2.24) is 10.0 Å². The molecule has 1 fully saturated rings. The number of fused-ring (bicyclic) bond motifs is 2. The van der Waals surface area contributed by atoms with Crippen molar-refractivity contribution >= 4 is 68.2 Å². The van der Waals surface area contributed by atoms with Crippen LogP contribution in [0.2, 0.25) is 15.1 Å². The van der Waals surface area contributed by atoms with E-state index in [9.17, 15) is 22.8 Å². The fraction of sp³-hybridized carbons (Fsp3) is 0.300. The van der Waals surface area contributed by atoms with Crippen LogP contribution in [-0.2, 0) is 29.8 Å². The Hall–Kier alpha value is -3.31. The molecule has 9 nitrogen and oxygen atoms in total. The molecule has 3 atom stereocenters. The molecule has 3 aromatic carbocycles. The summed E-state index contributed by atoms with van der Waals surface area (Å²) in [5, 5.41) is 7.14. The molecule has 1 unspecified atom stereocenters. The second-order valence-electron chi connectivity index (χ2n) is 11.3. The molecule has 0 aliphatic carbocycles. The van der Waals surface area contributed by atoms with E-state index in [4.69, 9.17) is 39.5 Å². The van der Waals surface area contributed by atoms with Gasteiger partial charge in [0.1, 0.15) is 11.2 Å². The largest absolute Gasteiger partial charge is 0.478 e. The number of rotatable bonds is 6. The van der Waals surface area contributed by atoms with Gasteiger partial charge in [0.2, 0.25) is 21.8 Å². The molecule has 0 bridgehead atoms. The average Bonchev–Trinajstić information content (AvgIpc) is 3.17. The van der Waals surface area contributed by atoms with Crippen molar-refractivity contribution in [2.24, 2.45) is 0 Å². The molecular formula is C30H28Cl3N3O6S. The molecule has 2 heterocycles. The molecule has 13 heteroatoms. The molecule has 1 spiro atoms. The molecular weight excluding hydrogens is 637 g/mol. The lowest BCUT2D eigenvalue weighted by Gasteiger charge is -2.47. The zero-order chi connectivity index (χ0) is 31.5. The number of hydrogen-bond donors (Lipinski definition) is 3. The minimum Gasteiger partial charge on any atom is -0.478 e. The minimum absolute atomic E-state index is 0.141. The van der Waals surface area contributed by atoms with Gasteiger partial charge in [-0.1, -0.05) is 46.9 Å². The van der Waals surface area contributed by atoms with Crippen LogP contribution in [0.25, 0.3) is 0 Å². The molecule has 2 aliphatic heterocycles. The molecule has 5 rings (SSSR count). The number of sulfonamides is 1. The average molecular weight is 665 g/mol. The molecule has 0 radical (unpaired) electrons. The number of amides is 3. The van der Waals surface area contributed by atoms with Gasteiger partial charge in [-0.15, -0.1) is 0 Å². The van der Waals surface area contributed by atoms with Gasteiger partial charge in [0.15, 0.2) is 5.60 Å². The summed E-state index contributed by atoms with van der Waals surface area (Å²) in [7, 11) is -3.88. The monoisotopic (exact) mass is 663 g/mol. The Morgan fingerprint density at radius 2 is 1.58 bits per heavy atom. The number of anilines is 1. The van der Waals surface area contributed by atoms with Crippen LogP contribution in [0, 0.1) is 6.92 Å². The minimum atomic E-state index is -3.88. The maximum Gasteiger partial charge on any atom is 0.277 e. The van der Waals surface area contributed by atoms with Gasteiger partial charge in [-0.05, 0) is 79.9 Å². The van der Waals surface area contributed by atoms with Crippen molar-refractivity contribution in [3.8, 4) is 5.75 Å². The van der Waals surface area contributed by atoms with Crippen molar-refractivity contribution in [1.29, 1.82) is 0 Å². The summed E-state index contributed by atoms with van der Waals surface area (Å²) in [4.78, 5) is 40.8. The smallest absolute Gasteiger partial charge is 0.277 e. The van der Waals surface area contributed by atoms with Crippen LogP contribution in [0.3, 0.4) is 0 Å². The van der Waals surface area contributed by atoms with Gasteiger partial charge in [-0.25, -0.2) is 13.1 Å². The summed E-state index contributed by atoms with van der Waals surface area (Å²) < 4.78 is 31.7. The van der Waals surface area contributed by atoms with Gasteiger partial charge in [-0.2, -0.15) is 0 Å². The molecule has 3 N–H and O–H groups in total. The highest BCUT2D eigenvalue weighted by molar-refractivity contribution is 7.89. The van der Waals surface area contributed by atoms with E-state index in [1.165, 1.54) is 19.9 Å². The first-order valence-corrected chi connectivity index (χ1v) is 16.2. The molecule has 2 aliphatic rings. The maximum atomic E-state index is 14.4. The number of hydrogen-bond acceptors (Lipinski definition) is 6. The van der Waals surface area contributed by atoms with E-state index in [1.54, 1.807) is 42.5 Å². The van der Waals surface area contributed by atoms with Crippen LogP contribution in [0.5, 0.6) is 5.75 Å². The molecule has 3 aromatic rings. The number of carbonyl (C=O) groups excluding carboxylic acids is 3. The Balaban J connectivity index is 1.76. The van der Waals surface area contributed by atoms with E-state index in [0.29, 0.717) is 37.4 Å². The number of aryl methyl sites for hydroxylation is 1. The van der Waals surface area contributed by atoms with Gasteiger partial charge in [-0.3, -0.25) is 14.4 Å². The van der Waals surface area contributed by atoms with Crippen molar-refractivity contribution < 1.29 is 27.5 Å². The van der Waals surface area contributed by atoms with Crippen molar-refractivity contribution in [3.63, 3.8) is 0 Å². The lowest BCUT2D eigenvalue weighted by molar-refractivity contribution is -0.133. The number of piperidine rings is 1. The molecule has 226 valence electrons. The summed E-state index contributed by atoms with van der Waals surface area (Å²) in [6, 6.07) is 14.1. The summed E-state index contributed by atoms with van der Waals surface area (Å²) in [5.74, 6) is -2.35. The van der Waals surface area contributed by atoms with E-state index in [1.807, 2.05) is 17.7 Å². The lowest BCUT2D eigenvalue weighted by Crippen LogP contribution is -2.57. The number of carbonyl (C=O) groups is 3. The second-order valence-corrected chi connectivity index (χ2v) is 14.3. The third-order valence-electron chi connectivity index (χ3n) is 7.84. The van der Waals surface area contributed by atoms with Crippen molar-refractivity contribution in [2.45, 2.75) is 50.2 Å². The fourth-order valence-corrected chi connectivity index (χ4v) is 7.06. The van der Waals surface area contributed by atoms with Crippen LogP contribution < -0.4 is 20.1 Å². The lowest BCUT2D eigenvalue weighted by atomic mass is 9.59. The van der Waals surface area contributed by atoms with Gasteiger partial charge < -0.3 is 15.4 Å². The van der Waals surface area contributed by atoms with E-state index in [0.717, 1.165) is 11.8 Å². The molecule has 0 saturated carbocycles. The summed E-state index contributed by atoms with van der Waals surface area (Å²) >= 11 is 19.2. The summed E-state index contributed by atoms with van der Waals surface area (Å²) in [5.41, 5.74) is -0.220. The van der Waals surface area contributed by atoms with Crippen LogP contribution in [0.4, 0.5) is 5.69 Å². The quantitative estimate of drug-likeness (QED) is 0.323. The molecule has 1 saturated heterocycles. The predicted octanol–water partition coefficient (Wildman–Crippen LogP) is 5.42. The first kappa shape index (κ1) is 31.1. The van der Waals surface area contributed by atoms with Crippen LogP contribution >= 0.6 is 34.8 Å². The molecule has 43 heavy (non-hydrogen) atoms. The van der Waals surface area contributed by atoms with Crippen LogP contribution in [0.15, 0.2) is 54.6 Å². The Labute approximate surface area is 264 Å². The summed E-state index contributed by atoms with van der Waals surface area (Å²) in [6.07, 6.45) is 0.720. The highest BCUT2D eigenvalue weighted by Gasteiger charge is 2.62. The van der Waals surface area contributed by atoms with E-state index in [2.05, 4.69) is 10.6 Å². The van der Waals surface area contributed by atoms with E-state index in [-0.39, 0.29) is 24.0 Å². The molecule has 0 aromatic heterocycles. The Bertz CT molecular complexity index is 1800. The zero-order valence-electron chi connectivity index (χ0n) is 23.5. The third-order valence-corrected chi connectivity index (χ3v) is 9.10. The topological polar surface area (TPSA) is 131 Å². The molecule has 3 amide bonds. The van der Waals surface area contributed by atoms with Crippen LogP contribution in [-0.4, -0.2) is 38.0 Å². The normalized spacial score (nSPS) is 21.7. The predicted molar refractivity (Wildman–Crippen MR) is 165 cm³/mol. The van der Waals surface area contributed by atoms with Crippen molar-refractivity contribution in [2.75, 3.05) is 11.6 Å². The highest BCUT2D eigenvalue weighted by atomic mass is 35.5. The zero-order valence-corrected chi connectivity index (χ0v) is 26.6. The van der Waals surface area contributed by atoms with E-state index < -0.39 is 38.9 Å². The number of benzene rings is 3. The second kappa shape index (κ2) is 11.0. The maximum absolute atomic E-state index is 14.4. The van der Waals surface area contributed by atoms with E-state index >= 15 is 0 Å².